The van der Waals surface area contributed by atoms with Crippen LogP contribution < -0.4 is 10.6 Å². The molecule has 0 saturated carbocycles. The Labute approximate surface area is 143 Å². The topological polar surface area (TPSA) is 102 Å². The lowest BCUT2D eigenvalue weighted by Gasteiger charge is -2.36. The Morgan fingerprint density at radius 1 is 0.778 bits per heavy atom. The summed E-state index contributed by atoms with van der Waals surface area (Å²) in [6.07, 6.45) is -22.1. The van der Waals surface area contributed by atoms with Gasteiger partial charge in [0, 0.05) is 0 Å². The van der Waals surface area contributed by atoms with E-state index in [1.165, 1.54) is 0 Å². The number of hydrogen-bond acceptors (Lipinski definition) is 5. The molecule has 0 aromatic carbocycles. The molecule has 7 nitrogen and oxygen atoms in total. The number of carbonyl (C=O) groups is 4. The van der Waals surface area contributed by atoms with Gasteiger partial charge in [0.15, 0.2) is 0 Å². The minimum Gasteiger partial charge on any atom is -0.469 e. The van der Waals surface area contributed by atoms with Crippen molar-refractivity contribution in [2.24, 2.45) is 0 Å². The molecule has 0 aromatic heterocycles. The van der Waals surface area contributed by atoms with E-state index in [1.807, 2.05) is 0 Å². The van der Waals surface area contributed by atoms with Crippen molar-refractivity contribution < 1.29 is 63.4 Å². The van der Waals surface area contributed by atoms with Crippen LogP contribution >= 0.6 is 0 Å². The van der Waals surface area contributed by atoms with Crippen molar-refractivity contribution in [1.82, 2.24) is 10.6 Å². The second-order valence-corrected chi connectivity index (χ2v) is 4.78. The summed E-state index contributed by atoms with van der Waals surface area (Å²) in [7, 11) is 0.684. The number of ether oxygens (including phenoxy) is 1. The third-order valence-corrected chi connectivity index (χ3v) is 2.68. The minimum atomic E-state index is -6.21. The van der Waals surface area contributed by atoms with Crippen LogP contribution in [-0.2, 0) is 23.9 Å². The zero-order valence-electron chi connectivity index (χ0n) is 12.9. The van der Waals surface area contributed by atoms with Crippen LogP contribution in [0.15, 0.2) is 0 Å². The Morgan fingerprint density at radius 3 is 1.41 bits per heavy atom. The first-order valence-corrected chi connectivity index (χ1v) is 6.29. The van der Waals surface area contributed by atoms with Crippen molar-refractivity contribution in [2.45, 2.75) is 37.0 Å². The Kier molecular flexibility index (Phi) is 7.24. The van der Waals surface area contributed by atoms with Crippen molar-refractivity contribution in [1.29, 1.82) is 0 Å². The van der Waals surface area contributed by atoms with Gasteiger partial charge in [-0.2, -0.15) is 39.5 Å². The third kappa shape index (κ3) is 6.93. The second kappa shape index (κ2) is 7.99. The van der Waals surface area contributed by atoms with E-state index in [-0.39, 0.29) is 10.6 Å². The molecule has 0 aliphatic heterocycles. The van der Waals surface area contributed by atoms with Gasteiger partial charge in [-0.15, -0.1) is 0 Å². The molecule has 16 heteroatoms. The van der Waals surface area contributed by atoms with Crippen LogP contribution in [0.2, 0.25) is 0 Å². The molecule has 0 heterocycles. The van der Waals surface area contributed by atoms with Crippen LogP contribution in [0.4, 0.5) is 39.5 Å². The van der Waals surface area contributed by atoms with E-state index in [4.69, 9.17) is 0 Å². The first-order chi connectivity index (χ1) is 11.9. The number of hydrogen-bond donors (Lipinski definition) is 2. The Hall–Kier alpha value is -2.55. The number of rotatable bonds is 6. The highest BCUT2D eigenvalue weighted by Crippen LogP contribution is 2.34. The van der Waals surface area contributed by atoms with Gasteiger partial charge in [0.1, 0.15) is 12.2 Å². The van der Waals surface area contributed by atoms with Crippen molar-refractivity contribution in [2.75, 3.05) is 7.11 Å². The second-order valence-electron chi connectivity index (χ2n) is 4.78. The van der Waals surface area contributed by atoms with Crippen molar-refractivity contribution in [3.05, 3.63) is 0 Å². The molecule has 0 spiro atoms. The predicted molar refractivity (Wildman–Crippen MR) is 63.4 cm³/mol. The van der Waals surface area contributed by atoms with Gasteiger partial charge < -0.3 is 15.4 Å². The Bertz CT molecular complexity index is 581. The van der Waals surface area contributed by atoms with Crippen LogP contribution in [0.5, 0.6) is 0 Å². The quantitative estimate of drug-likeness (QED) is 0.290. The molecule has 2 N–H and O–H groups in total. The molecule has 0 atom stereocenters. The highest BCUT2D eigenvalue weighted by molar-refractivity contribution is 5.97. The molecule has 27 heavy (non-hydrogen) atoms. The van der Waals surface area contributed by atoms with Gasteiger partial charge in [0.25, 0.3) is 0 Å². The van der Waals surface area contributed by atoms with Gasteiger partial charge in [0.2, 0.25) is 5.66 Å². The summed E-state index contributed by atoms with van der Waals surface area (Å²) in [6, 6.07) is 0. The van der Waals surface area contributed by atoms with Crippen LogP contribution in [0.3, 0.4) is 0 Å². The van der Waals surface area contributed by atoms with Gasteiger partial charge in [0.05, 0.1) is 13.5 Å². The van der Waals surface area contributed by atoms with E-state index < -0.39 is 60.6 Å². The fourth-order valence-electron chi connectivity index (χ4n) is 1.48. The van der Waals surface area contributed by atoms with Crippen LogP contribution in [0.25, 0.3) is 0 Å². The van der Waals surface area contributed by atoms with Crippen LogP contribution in [0.1, 0.15) is 12.8 Å². The fourth-order valence-corrected chi connectivity index (χ4v) is 1.48. The SMILES string of the molecule is COC(=O)CC(=O)CC(NC(=O)C(F)(F)F)(NC(=O)C(F)(F)F)C(F)(F)F. The third-order valence-electron chi connectivity index (χ3n) is 2.68. The molecule has 0 radical (unpaired) electrons. The number of nitrogens with one attached hydrogen (secondary N) is 2. The Morgan fingerprint density at radius 2 is 1.15 bits per heavy atom. The van der Waals surface area contributed by atoms with Crippen molar-refractivity contribution in [3.8, 4) is 0 Å². The zero-order valence-corrected chi connectivity index (χ0v) is 12.9. The number of ketones is 1. The first-order valence-electron chi connectivity index (χ1n) is 6.29. The standard InChI is InChI=1S/C11H9F9N2O5/c1-27-5(24)2-4(23)3-8(11(18,19)20,21-6(25)9(12,13)14)22-7(26)10(15,16)17/h2-3H2,1H3,(H,21,25)(H,22,26). The number of halogens is 9. The molecule has 0 saturated heterocycles. The lowest BCUT2D eigenvalue weighted by molar-refractivity contribution is -0.226. The molecule has 0 aromatic rings. The number of carbonyl (C=O) groups excluding carboxylic acids is 4. The monoisotopic (exact) mass is 420 g/mol. The van der Waals surface area contributed by atoms with E-state index in [2.05, 4.69) is 4.74 Å². The number of methoxy groups -OCH3 is 1. The van der Waals surface area contributed by atoms with Gasteiger partial charge in [-0.25, -0.2) is 0 Å². The molecular weight excluding hydrogens is 411 g/mol. The van der Waals surface area contributed by atoms with E-state index in [0.29, 0.717) is 7.11 Å². The highest BCUT2D eigenvalue weighted by atomic mass is 19.4. The summed E-state index contributed by atoms with van der Waals surface area (Å²) in [5.41, 5.74) is -4.79. The van der Waals surface area contributed by atoms with Gasteiger partial charge in [-0.3, -0.25) is 19.2 Å². The number of esters is 1. The largest absolute Gasteiger partial charge is 0.471 e. The zero-order chi connectivity index (χ0) is 21.8. The summed E-state index contributed by atoms with van der Waals surface area (Å²) < 4.78 is 117. The van der Waals surface area contributed by atoms with Crippen molar-refractivity contribution in [3.63, 3.8) is 0 Å². The number of alkyl halides is 9. The van der Waals surface area contributed by atoms with Crippen LogP contribution in [0, 0.1) is 0 Å². The molecule has 0 fully saturated rings. The highest BCUT2D eigenvalue weighted by Gasteiger charge is 2.62. The fraction of sp³-hybridized carbons (Fsp3) is 0.636. The van der Waals surface area contributed by atoms with E-state index in [9.17, 15) is 58.7 Å². The lowest BCUT2D eigenvalue weighted by atomic mass is 9.99. The summed E-state index contributed by atoms with van der Waals surface area (Å²) in [4.78, 5) is 44.0. The van der Waals surface area contributed by atoms with Gasteiger partial charge in [-0.05, 0) is 0 Å². The maximum Gasteiger partial charge on any atom is 0.471 e. The number of Topliss-reactive ketones (excluding diaryl/α,β-unsaturated/α-hetero) is 1. The molecule has 0 aliphatic carbocycles. The van der Waals surface area contributed by atoms with E-state index >= 15 is 0 Å². The van der Waals surface area contributed by atoms with Crippen molar-refractivity contribution >= 4 is 23.6 Å². The number of amides is 2. The maximum atomic E-state index is 13.2. The summed E-state index contributed by atoms with van der Waals surface area (Å²) in [5.74, 6) is -10.1. The average Bonchev–Trinajstić information content (AvgIpc) is 2.43. The summed E-state index contributed by atoms with van der Waals surface area (Å²) in [5, 5.41) is 0.284. The normalized spacial score (nSPS) is 13.0. The summed E-state index contributed by atoms with van der Waals surface area (Å²) in [6.45, 7) is 0. The molecular formula is C11H9F9N2O5. The summed E-state index contributed by atoms with van der Waals surface area (Å²) >= 11 is 0. The molecule has 0 aliphatic rings. The first kappa shape index (κ1) is 24.5. The maximum absolute atomic E-state index is 13.2. The molecule has 0 unspecified atom stereocenters. The molecule has 2 amide bonds. The lowest BCUT2D eigenvalue weighted by Crippen LogP contribution is -2.72. The molecule has 156 valence electrons. The van der Waals surface area contributed by atoms with E-state index in [1.54, 1.807) is 0 Å². The smallest absolute Gasteiger partial charge is 0.469 e. The molecule has 0 rings (SSSR count). The van der Waals surface area contributed by atoms with Crippen LogP contribution in [-0.4, -0.2) is 54.9 Å². The Balaban J connectivity index is 6.10. The minimum absolute atomic E-state index is 0.142. The predicted octanol–water partition coefficient (Wildman–Crippen LogP) is 1.12. The van der Waals surface area contributed by atoms with Gasteiger partial charge in [-0.1, -0.05) is 0 Å². The molecule has 0 bridgehead atoms. The van der Waals surface area contributed by atoms with E-state index in [0.717, 1.165) is 0 Å². The van der Waals surface area contributed by atoms with Gasteiger partial charge >= 0.3 is 36.3 Å². The average molecular weight is 420 g/mol.